The Kier molecular flexibility index (Phi) is 4.90. The van der Waals surface area contributed by atoms with Crippen molar-refractivity contribution >= 4 is 0 Å². The van der Waals surface area contributed by atoms with Crippen LogP contribution in [0.2, 0.25) is 0 Å². The SMILES string of the molecule is N#Cc1cccc(-c2noc(C3CCCCN3Cc3ccc(F)cn3)n2)c1. The second-order valence-electron chi connectivity index (χ2n) is 6.60. The van der Waals surface area contributed by atoms with Gasteiger partial charge in [0.05, 0.1) is 29.6 Å². The van der Waals surface area contributed by atoms with Crippen LogP contribution in [0.15, 0.2) is 47.1 Å². The Hall–Kier alpha value is -3.11. The van der Waals surface area contributed by atoms with E-state index in [1.54, 1.807) is 24.3 Å². The van der Waals surface area contributed by atoms with E-state index in [0.717, 1.165) is 37.1 Å². The maximum absolute atomic E-state index is 13.1. The van der Waals surface area contributed by atoms with Crippen molar-refractivity contribution in [1.82, 2.24) is 20.0 Å². The molecule has 1 aliphatic heterocycles. The third kappa shape index (κ3) is 3.86. The van der Waals surface area contributed by atoms with Crippen molar-refractivity contribution in [1.29, 1.82) is 5.26 Å². The zero-order valence-electron chi connectivity index (χ0n) is 14.7. The number of nitriles is 1. The van der Waals surface area contributed by atoms with Crippen LogP contribution in [0, 0.1) is 17.1 Å². The number of pyridine rings is 1. The first kappa shape index (κ1) is 17.3. The Morgan fingerprint density at radius 3 is 3.00 bits per heavy atom. The second kappa shape index (κ2) is 7.64. The van der Waals surface area contributed by atoms with Crippen molar-refractivity contribution in [3.63, 3.8) is 0 Å². The maximum atomic E-state index is 13.1. The number of likely N-dealkylation sites (tertiary alicyclic amines) is 1. The maximum Gasteiger partial charge on any atom is 0.244 e. The fraction of sp³-hybridized carbons (Fsp3) is 0.300. The first-order valence-corrected chi connectivity index (χ1v) is 8.91. The van der Waals surface area contributed by atoms with E-state index in [9.17, 15) is 4.39 Å². The Morgan fingerprint density at radius 1 is 1.26 bits per heavy atom. The van der Waals surface area contributed by atoms with E-state index in [1.807, 2.05) is 6.07 Å². The zero-order chi connectivity index (χ0) is 18.6. The van der Waals surface area contributed by atoms with Gasteiger partial charge < -0.3 is 4.52 Å². The topological polar surface area (TPSA) is 78.8 Å². The van der Waals surface area contributed by atoms with Gasteiger partial charge in [0.2, 0.25) is 11.7 Å². The average molecular weight is 363 g/mol. The van der Waals surface area contributed by atoms with Crippen LogP contribution < -0.4 is 0 Å². The van der Waals surface area contributed by atoms with E-state index in [4.69, 9.17) is 9.78 Å². The molecule has 1 unspecified atom stereocenters. The summed E-state index contributed by atoms with van der Waals surface area (Å²) < 4.78 is 18.6. The molecule has 0 radical (unpaired) electrons. The van der Waals surface area contributed by atoms with Crippen LogP contribution in [0.4, 0.5) is 4.39 Å². The molecule has 1 saturated heterocycles. The summed E-state index contributed by atoms with van der Waals surface area (Å²) in [7, 11) is 0. The van der Waals surface area contributed by atoms with Crippen LogP contribution >= 0.6 is 0 Å². The Balaban J connectivity index is 1.56. The minimum absolute atomic E-state index is 0.00556. The molecular formula is C20H18FN5O. The molecule has 3 aromatic rings. The summed E-state index contributed by atoms with van der Waals surface area (Å²) in [5, 5.41) is 13.2. The summed E-state index contributed by atoms with van der Waals surface area (Å²) in [5.74, 6) is 0.705. The van der Waals surface area contributed by atoms with Crippen LogP contribution in [-0.2, 0) is 6.54 Å². The van der Waals surface area contributed by atoms with Gasteiger partial charge in [0.15, 0.2) is 0 Å². The van der Waals surface area contributed by atoms with Gasteiger partial charge in [-0.3, -0.25) is 9.88 Å². The third-order valence-electron chi connectivity index (χ3n) is 4.74. The van der Waals surface area contributed by atoms with Crippen molar-refractivity contribution < 1.29 is 8.91 Å². The highest BCUT2D eigenvalue weighted by Crippen LogP contribution is 2.32. The van der Waals surface area contributed by atoms with E-state index in [1.165, 1.54) is 12.3 Å². The smallest absolute Gasteiger partial charge is 0.244 e. The molecule has 0 N–H and O–H groups in total. The van der Waals surface area contributed by atoms with Gasteiger partial charge in [-0.25, -0.2) is 4.39 Å². The fourth-order valence-corrected chi connectivity index (χ4v) is 3.38. The monoisotopic (exact) mass is 363 g/mol. The molecule has 4 rings (SSSR count). The lowest BCUT2D eigenvalue weighted by atomic mass is 10.0. The summed E-state index contributed by atoms with van der Waals surface area (Å²) in [6.07, 6.45) is 4.32. The molecule has 27 heavy (non-hydrogen) atoms. The highest BCUT2D eigenvalue weighted by Gasteiger charge is 2.29. The van der Waals surface area contributed by atoms with Gasteiger partial charge in [-0.05, 0) is 43.7 Å². The van der Waals surface area contributed by atoms with Crippen molar-refractivity contribution in [3.05, 3.63) is 65.6 Å². The minimum Gasteiger partial charge on any atom is -0.337 e. The molecule has 1 aliphatic rings. The first-order valence-electron chi connectivity index (χ1n) is 8.91. The van der Waals surface area contributed by atoms with E-state index < -0.39 is 0 Å². The van der Waals surface area contributed by atoms with Gasteiger partial charge in [-0.1, -0.05) is 23.7 Å². The Morgan fingerprint density at radius 2 is 2.19 bits per heavy atom. The van der Waals surface area contributed by atoms with E-state index in [-0.39, 0.29) is 11.9 Å². The number of halogens is 1. The predicted octanol–water partition coefficient (Wildman–Crippen LogP) is 3.87. The molecule has 1 atom stereocenters. The zero-order valence-corrected chi connectivity index (χ0v) is 14.7. The molecule has 0 spiro atoms. The van der Waals surface area contributed by atoms with Crippen molar-refractivity contribution in [2.24, 2.45) is 0 Å². The van der Waals surface area contributed by atoms with Crippen molar-refractivity contribution in [3.8, 4) is 17.5 Å². The molecule has 6 nitrogen and oxygen atoms in total. The molecular weight excluding hydrogens is 345 g/mol. The number of rotatable bonds is 4. The summed E-state index contributed by atoms with van der Waals surface area (Å²) >= 11 is 0. The molecule has 0 saturated carbocycles. The number of benzene rings is 1. The standard InChI is InChI=1S/C20H18FN5O/c21-16-7-8-17(23-12-16)13-26-9-2-1-6-18(26)20-24-19(25-27-20)15-5-3-4-14(10-15)11-22/h3-5,7-8,10,12,18H,1-2,6,9,13H2. The molecule has 136 valence electrons. The van der Waals surface area contributed by atoms with Crippen molar-refractivity contribution in [2.75, 3.05) is 6.54 Å². The predicted molar refractivity (Wildman–Crippen MR) is 95.6 cm³/mol. The van der Waals surface area contributed by atoms with Crippen LogP contribution in [0.3, 0.4) is 0 Å². The molecule has 7 heteroatoms. The van der Waals surface area contributed by atoms with Gasteiger partial charge in [0.25, 0.3) is 0 Å². The van der Waals surface area contributed by atoms with E-state index in [0.29, 0.717) is 23.8 Å². The third-order valence-corrected chi connectivity index (χ3v) is 4.74. The Bertz CT molecular complexity index is 963. The number of hydrogen-bond donors (Lipinski definition) is 0. The molecule has 1 aromatic carbocycles. The molecule has 2 aromatic heterocycles. The fourth-order valence-electron chi connectivity index (χ4n) is 3.38. The summed E-state index contributed by atoms with van der Waals surface area (Å²) in [5.41, 5.74) is 2.12. The molecule has 3 heterocycles. The molecule has 0 bridgehead atoms. The molecule has 0 amide bonds. The number of piperidine rings is 1. The summed E-state index contributed by atoms with van der Waals surface area (Å²) in [4.78, 5) is 11.0. The second-order valence-corrected chi connectivity index (χ2v) is 6.60. The highest BCUT2D eigenvalue weighted by molar-refractivity contribution is 5.57. The minimum atomic E-state index is -0.338. The summed E-state index contributed by atoms with van der Waals surface area (Å²) in [6.45, 7) is 1.50. The van der Waals surface area contributed by atoms with Gasteiger partial charge in [0, 0.05) is 12.1 Å². The lowest BCUT2D eigenvalue weighted by molar-refractivity contribution is 0.110. The normalized spacial score (nSPS) is 17.6. The molecule has 0 aliphatic carbocycles. The first-order chi connectivity index (χ1) is 13.2. The van der Waals surface area contributed by atoms with Crippen LogP contribution in [-0.4, -0.2) is 26.6 Å². The number of hydrogen-bond acceptors (Lipinski definition) is 6. The average Bonchev–Trinajstić information content (AvgIpc) is 3.20. The van der Waals surface area contributed by atoms with Crippen molar-refractivity contribution in [2.45, 2.75) is 31.8 Å². The van der Waals surface area contributed by atoms with Gasteiger partial charge in [-0.15, -0.1) is 0 Å². The van der Waals surface area contributed by atoms with Gasteiger partial charge >= 0.3 is 0 Å². The lowest BCUT2D eigenvalue weighted by Gasteiger charge is -2.32. The quantitative estimate of drug-likeness (QED) is 0.700. The lowest BCUT2D eigenvalue weighted by Crippen LogP contribution is -2.33. The van der Waals surface area contributed by atoms with Crippen LogP contribution in [0.1, 0.15) is 42.5 Å². The van der Waals surface area contributed by atoms with E-state index in [2.05, 4.69) is 26.1 Å². The Labute approximate surface area is 156 Å². The summed E-state index contributed by atoms with van der Waals surface area (Å²) in [6, 6.07) is 12.4. The number of aromatic nitrogens is 3. The largest absolute Gasteiger partial charge is 0.337 e. The molecule has 1 fully saturated rings. The number of nitrogens with zero attached hydrogens (tertiary/aromatic N) is 5. The van der Waals surface area contributed by atoms with Crippen LogP contribution in [0.25, 0.3) is 11.4 Å². The van der Waals surface area contributed by atoms with Gasteiger partial charge in [-0.2, -0.15) is 10.2 Å². The van der Waals surface area contributed by atoms with Crippen LogP contribution in [0.5, 0.6) is 0 Å². The van der Waals surface area contributed by atoms with E-state index >= 15 is 0 Å². The highest BCUT2D eigenvalue weighted by atomic mass is 19.1. The van der Waals surface area contributed by atoms with Gasteiger partial charge in [0.1, 0.15) is 5.82 Å².